The van der Waals surface area contributed by atoms with Crippen LogP contribution in [0.5, 0.6) is 0 Å². The van der Waals surface area contributed by atoms with Crippen molar-refractivity contribution in [2.45, 2.75) is 37.6 Å². The summed E-state index contributed by atoms with van der Waals surface area (Å²) in [7, 11) is 0. The van der Waals surface area contributed by atoms with Crippen molar-refractivity contribution in [2.75, 3.05) is 24.5 Å². The number of morpholine rings is 1. The SMILES string of the molecule is NCCc1ccc(N2CC3CCC(C2)O3)cc1C(F)(F)F. The lowest BCUT2D eigenvalue weighted by atomic mass is 10.0. The number of alkyl halides is 3. The Morgan fingerprint density at radius 3 is 2.43 bits per heavy atom. The molecule has 2 atom stereocenters. The molecule has 2 aliphatic rings. The lowest BCUT2D eigenvalue weighted by Gasteiger charge is -2.34. The standard InChI is InChI=1S/C15H19F3N2O/c16-15(17,18)14-7-11(2-1-10(14)5-6-19)20-8-12-3-4-13(9-20)21-12/h1-2,7,12-13H,3-6,8-9,19H2. The third kappa shape index (κ3) is 3.01. The van der Waals surface area contributed by atoms with Crippen molar-refractivity contribution < 1.29 is 17.9 Å². The number of halogens is 3. The van der Waals surface area contributed by atoms with E-state index in [1.165, 1.54) is 6.07 Å². The minimum Gasteiger partial charge on any atom is -0.371 e. The fourth-order valence-electron chi connectivity index (χ4n) is 3.22. The van der Waals surface area contributed by atoms with Crippen LogP contribution in [0.3, 0.4) is 0 Å². The average molecular weight is 300 g/mol. The van der Waals surface area contributed by atoms with Gasteiger partial charge in [-0.1, -0.05) is 6.07 Å². The van der Waals surface area contributed by atoms with Gasteiger partial charge in [-0.2, -0.15) is 13.2 Å². The Hall–Kier alpha value is -1.27. The van der Waals surface area contributed by atoms with Crippen molar-refractivity contribution >= 4 is 5.69 Å². The topological polar surface area (TPSA) is 38.5 Å². The number of ether oxygens (including phenoxy) is 1. The number of rotatable bonds is 3. The van der Waals surface area contributed by atoms with E-state index < -0.39 is 11.7 Å². The maximum atomic E-state index is 13.2. The molecule has 1 aromatic carbocycles. The molecule has 2 bridgehead atoms. The Bertz CT molecular complexity index is 506. The maximum absolute atomic E-state index is 13.2. The van der Waals surface area contributed by atoms with Crippen molar-refractivity contribution in [3.63, 3.8) is 0 Å². The first-order chi connectivity index (χ1) is 9.97. The number of nitrogens with two attached hydrogens (primary N) is 1. The Kier molecular flexibility index (Phi) is 3.84. The van der Waals surface area contributed by atoms with Crippen molar-refractivity contribution in [2.24, 2.45) is 5.73 Å². The van der Waals surface area contributed by atoms with E-state index in [2.05, 4.69) is 0 Å². The molecule has 21 heavy (non-hydrogen) atoms. The highest BCUT2D eigenvalue weighted by Gasteiger charge is 2.36. The van der Waals surface area contributed by atoms with Gasteiger partial charge in [-0.05, 0) is 43.5 Å². The smallest absolute Gasteiger partial charge is 0.371 e. The zero-order valence-corrected chi connectivity index (χ0v) is 11.7. The van der Waals surface area contributed by atoms with Gasteiger partial charge in [0, 0.05) is 18.8 Å². The molecule has 2 unspecified atom stereocenters. The van der Waals surface area contributed by atoms with Gasteiger partial charge in [0.1, 0.15) is 0 Å². The van der Waals surface area contributed by atoms with Gasteiger partial charge in [0.05, 0.1) is 17.8 Å². The summed E-state index contributed by atoms with van der Waals surface area (Å²) >= 11 is 0. The molecule has 6 heteroatoms. The molecule has 2 heterocycles. The van der Waals surface area contributed by atoms with E-state index in [1.807, 2.05) is 4.90 Å². The van der Waals surface area contributed by atoms with E-state index >= 15 is 0 Å². The molecule has 1 aromatic rings. The molecule has 0 radical (unpaired) electrons. The summed E-state index contributed by atoms with van der Waals surface area (Å²) in [4.78, 5) is 2.01. The van der Waals surface area contributed by atoms with Crippen LogP contribution in [-0.4, -0.2) is 31.8 Å². The van der Waals surface area contributed by atoms with Gasteiger partial charge in [-0.15, -0.1) is 0 Å². The highest BCUT2D eigenvalue weighted by atomic mass is 19.4. The summed E-state index contributed by atoms with van der Waals surface area (Å²) in [6.07, 6.45) is -1.80. The van der Waals surface area contributed by atoms with Crippen LogP contribution in [0.4, 0.5) is 18.9 Å². The maximum Gasteiger partial charge on any atom is 0.416 e. The Labute approximate surface area is 121 Å². The van der Waals surface area contributed by atoms with Gasteiger partial charge in [-0.3, -0.25) is 0 Å². The van der Waals surface area contributed by atoms with Crippen molar-refractivity contribution in [3.05, 3.63) is 29.3 Å². The minimum absolute atomic E-state index is 0.154. The summed E-state index contributed by atoms with van der Waals surface area (Å²) in [6.45, 7) is 1.55. The van der Waals surface area contributed by atoms with E-state index in [0.29, 0.717) is 18.8 Å². The second-order valence-corrected chi connectivity index (χ2v) is 5.74. The van der Waals surface area contributed by atoms with Gasteiger partial charge < -0.3 is 15.4 Å². The number of benzene rings is 1. The van der Waals surface area contributed by atoms with Crippen LogP contribution in [0.15, 0.2) is 18.2 Å². The Balaban J connectivity index is 1.89. The highest BCUT2D eigenvalue weighted by Crippen LogP contribution is 2.36. The number of anilines is 1. The second-order valence-electron chi connectivity index (χ2n) is 5.74. The summed E-state index contributed by atoms with van der Waals surface area (Å²) in [5.41, 5.74) is 5.74. The van der Waals surface area contributed by atoms with Crippen LogP contribution < -0.4 is 10.6 Å². The normalized spacial score (nSPS) is 25.4. The van der Waals surface area contributed by atoms with Crippen LogP contribution in [0, 0.1) is 0 Å². The van der Waals surface area contributed by atoms with Crippen molar-refractivity contribution in [1.29, 1.82) is 0 Å². The number of hydrogen-bond acceptors (Lipinski definition) is 3. The second kappa shape index (κ2) is 5.50. The van der Waals surface area contributed by atoms with E-state index in [9.17, 15) is 13.2 Å². The van der Waals surface area contributed by atoms with E-state index in [-0.39, 0.29) is 30.7 Å². The average Bonchev–Trinajstić information content (AvgIpc) is 2.77. The molecule has 0 spiro atoms. The molecule has 2 saturated heterocycles. The van der Waals surface area contributed by atoms with Crippen LogP contribution in [0.1, 0.15) is 24.0 Å². The Morgan fingerprint density at radius 1 is 1.19 bits per heavy atom. The first-order valence-electron chi connectivity index (χ1n) is 7.28. The van der Waals surface area contributed by atoms with Gasteiger partial charge in [0.2, 0.25) is 0 Å². The number of hydrogen-bond donors (Lipinski definition) is 1. The van der Waals surface area contributed by atoms with Gasteiger partial charge >= 0.3 is 6.18 Å². The lowest BCUT2D eigenvalue weighted by molar-refractivity contribution is -0.138. The van der Waals surface area contributed by atoms with Crippen LogP contribution >= 0.6 is 0 Å². The first-order valence-corrected chi connectivity index (χ1v) is 7.28. The summed E-state index contributed by atoms with van der Waals surface area (Å²) in [5.74, 6) is 0. The van der Waals surface area contributed by atoms with E-state index in [0.717, 1.165) is 12.8 Å². The molecule has 0 aliphatic carbocycles. The third-order valence-corrected chi connectivity index (χ3v) is 4.22. The fourth-order valence-corrected chi connectivity index (χ4v) is 3.22. The number of fused-ring (bicyclic) bond motifs is 2. The van der Waals surface area contributed by atoms with Crippen LogP contribution in [0.2, 0.25) is 0 Å². The molecule has 2 fully saturated rings. The van der Waals surface area contributed by atoms with Gasteiger partial charge in [0.15, 0.2) is 0 Å². The monoisotopic (exact) mass is 300 g/mol. The lowest BCUT2D eigenvalue weighted by Crippen LogP contribution is -2.42. The van der Waals surface area contributed by atoms with Crippen LogP contribution in [0.25, 0.3) is 0 Å². The highest BCUT2D eigenvalue weighted by molar-refractivity contribution is 5.53. The summed E-state index contributed by atoms with van der Waals surface area (Å²) in [5, 5.41) is 0. The van der Waals surface area contributed by atoms with Crippen molar-refractivity contribution in [3.8, 4) is 0 Å². The molecule has 0 saturated carbocycles. The zero-order valence-electron chi connectivity index (χ0n) is 11.7. The minimum atomic E-state index is -4.34. The van der Waals surface area contributed by atoms with Crippen molar-refractivity contribution in [1.82, 2.24) is 0 Å². The van der Waals surface area contributed by atoms with E-state index in [4.69, 9.17) is 10.5 Å². The summed E-state index contributed by atoms with van der Waals surface area (Å²) < 4.78 is 45.3. The molecule has 0 aromatic heterocycles. The largest absolute Gasteiger partial charge is 0.416 e. The number of nitrogens with zero attached hydrogens (tertiary/aromatic N) is 1. The third-order valence-electron chi connectivity index (χ3n) is 4.22. The molecule has 0 amide bonds. The quantitative estimate of drug-likeness (QED) is 0.932. The molecular formula is C15H19F3N2O. The molecule has 3 rings (SSSR count). The van der Waals surface area contributed by atoms with Crippen LogP contribution in [-0.2, 0) is 17.3 Å². The molecule has 116 valence electrons. The molecule has 2 N–H and O–H groups in total. The molecule has 3 nitrogen and oxygen atoms in total. The first kappa shape index (κ1) is 14.7. The predicted molar refractivity (Wildman–Crippen MR) is 74.3 cm³/mol. The van der Waals surface area contributed by atoms with Gasteiger partial charge in [0.25, 0.3) is 0 Å². The predicted octanol–water partition coefficient (Wildman–Crippen LogP) is 2.57. The zero-order chi connectivity index (χ0) is 15.0. The Morgan fingerprint density at radius 2 is 1.86 bits per heavy atom. The van der Waals surface area contributed by atoms with E-state index in [1.54, 1.807) is 12.1 Å². The molecule has 2 aliphatic heterocycles. The van der Waals surface area contributed by atoms with Gasteiger partial charge in [-0.25, -0.2) is 0 Å². The molecular weight excluding hydrogens is 281 g/mol. The summed E-state index contributed by atoms with van der Waals surface area (Å²) in [6, 6.07) is 4.59. The fraction of sp³-hybridized carbons (Fsp3) is 0.600.